The highest BCUT2D eigenvalue weighted by atomic mass is 16.5. The second kappa shape index (κ2) is 5.80. The number of ether oxygens (including phenoxy) is 2. The number of methoxy groups -OCH3 is 1. The van der Waals surface area contributed by atoms with Crippen LogP contribution in [-0.2, 0) is 4.74 Å². The Morgan fingerprint density at radius 3 is 2.79 bits per heavy atom. The van der Waals surface area contributed by atoms with Crippen molar-refractivity contribution in [1.82, 2.24) is 0 Å². The Kier molecular flexibility index (Phi) is 4.32. The summed E-state index contributed by atoms with van der Waals surface area (Å²) in [6.07, 6.45) is -0.360. The number of aliphatic hydroxyl groups excluding tert-OH is 1. The first-order valence-corrected chi connectivity index (χ1v) is 6.77. The Balaban J connectivity index is 2.43. The molecule has 4 heteroatoms. The van der Waals surface area contributed by atoms with Crippen LogP contribution in [-0.4, -0.2) is 37.5 Å². The first kappa shape index (κ1) is 14.2. The topological polar surface area (TPSA) is 41.9 Å². The van der Waals surface area contributed by atoms with Crippen molar-refractivity contribution in [3.8, 4) is 5.75 Å². The van der Waals surface area contributed by atoms with Gasteiger partial charge in [0.25, 0.3) is 0 Å². The molecule has 4 nitrogen and oxygen atoms in total. The number of morpholine rings is 1. The first-order valence-electron chi connectivity index (χ1n) is 6.77. The van der Waals surface area contributed by atoms with E-state index in [1.807, 2.05) is 18.2 Å². The number of nitrogens with zero attached hydrogens (tertiary/aromatic N) is 1. The van der Waals surface area contributed by atoms with Crippen molar-refractivity contribution < 1.29 is 14.6 Å². The van der Waals surface area contributed by atoms with E-state index in [4.69, 9.17) is 9.47 Å². The molecule has 1 aromatic carbocycles. The van der Waals surface area contributed by atoms with Crippen LogP contribution in [0.1, 0.15) is 32.4 Å². The highest BCUT2D eigenvalue weighted by molar-refractivity contribution is 5.61. The fraction of sp³-hybridized carbons (Fsp3) is 0.600. The highest BCUT2D eigenvalue weighted by Crippen LogP contribution is 2.36. The summed E-state index contributed by atoms with van der Waals surface area (Å²) < 4.78 is 11.0. The number of hydrogen-bond donors (Lipinski definition) is 1. The number of anilines is 1. The van der Waals surface area contributed by atoms with Gasteiger partial charge in [0.1, 0.15) is 5.75 Å². The van der Waals surface area contributed by atoms with Gasteiger partial charge in [-0.15, -0.1) is 0 Å². The Bertz CT molecular complexity index is 433. The van der Waals surface area contributed by atoms with Crippen LogP contribution in [0.4, 0.5) is 5.69 Å². The van der Waals surface area contributed by atoms with Gasteiger partial charge in [-0.05, 0) is 32.9 Å². The molecule has 0 aromatic heterocycles. The summed E-state index contributed by atoms with van der Waals surface area (Å²) >= 11 is 0. The maximum absolute atomic E-state index is 10.1. The van der Waals surface area contributed by atoms with Crippen molar-refractivity contribution in [2.75, 3.05) is 25.2 Å². The minimum Gasteiger partial charge on any atom is -0.496 e. The van der Waals surface area contributed by atoms with E-state index in [2.05, 4.69) is 18.7 Å². The molecule has 3 unspecified atom stereocenters. The number of rotatable bonds is 3. The molecule has 0 radical (unpaired) electrons. The van der Waals surface area contributed by atoms with Crippen LogP contribution >= 0.6 is 0 Å². The molecule has 0 amide bonds. The van der Waals surface area contributed by atoms with Gasteiger partial charge in [-0.2, -0.15) is 0 Å². The summed E-state index contributed by atoms with van der Waals surface area (Å²) in [5.41, 5.74) is 1.89. The lowest BCUT2D eigenvalue weighted by atomic mass is 10.0. The fourth-order valence-corrected chi connectivity index (χ4v) is 2.62. The zero-order valence-corrected chi connectivity index (χ0v) is 12.1. The van der Waals surface area contributed by atoms with Gasteiger partial charge in [0.15, 0.2) is 0 Å². The Hall–Kier alpha value is -1.26. The number of benzene rings is 1. The average molecular weight is 265 g/mol. The van der Waals surface area contributed by atoms with Crippen molar-refractivity contribution in [3.05, 3.63) is 23.8 Å². The van der Waals surface area contributed by atoms with E-state index in [1.54, 1.807) is 14.0 Å². The molecule has 2 rings (SSSR count). The van der Waals surface area contributed by atoms with Gasteiger partial charge in [0.05, 0.1) is 25.9 Å². The summed E-state index contributed by atoms with van der Waals surface area (Å²) in [5, 5.41) is 10.1. The molecule has 1 aromatic rings. The maximum atomic E-state index is 10.1. The third kappa shape index (κ3) is 2.85. The van der Waals surface area contributed by atoms with Crippen LogP contribution in [0.5, 0.6) is 5.75 Å². The van der Waals surface area contributed by atoms with Crippen molar-refractivity contribution in [1.29, 1.82) is 0 Å². The largest absolute Gasteiger partial charge is 0.496 e. The van der Waals surface area contributed by atoms with Crippen molar-refractivity contribution >= 4 is 5.69 Å². The van der Waals surface area contributed by atoms with Gasteiger partial charge in [-0.1, -0.05) is 6.07 Å². The molecule has 1 fully saturated rings. The van der Waals surface area contributed by atoms with E-state index < -0.39 is 6.10 Å². The van der Waals surface area contributed by atoms with Crippen molar-refractivity contribution in [3.63, 3.8) is 0 Å². The van der Waals surface area contributed by atoms with Crippen LogP contribution in [0, 0.1) is 0 Å². The van der Waals surface area contributed by atoms with E-state index in [0.29, 0.717) is 12.6 Å². The van der Waals surface area contributed by atoms with Gasteiger partial charge in [0.2, 0.25) is 0 Å². The molecule has 1 saturated heterocycles. The summed E-state index contributed by atoms with van der Waals surface area (Å²) in [7, 11) is 1.64. The number of aliphatic hydroxyl groups is 1. The molecular weight excluding hydrogens is 242 g/mol. The van der Waals surface area contributed by atoms with Gasteiger partial charge in [0, 0.05) is 23.8 Å². The third-order valence-corrected chi connectivity index (χ3v) is 3.60. The fourth-order valence-electron chi connectivity index (χ4n) is 2.62. The minimum absolute atomic E-state index is 0.198. The SMILES string of the molecule is COc1cccc(N2CC(C)OCC2C)c1C(C)O. The summed E-state index contributed by atoms with van der Waals surface area (Å²) in [6.45, 7) is 7.51. The normalized spacial score (nSPS) is 25.2. The average Bonchev–Trinajstić information content (AvgIpc) is 2.40. The Morgan fingerprint density at radius 1 is 1.42 bits per heavy atom. The highest BCUT2D eigenvalue weighted by Gasteiger charge is 2.27. The molecule has 0 saturated carbocycles. The molecule has 19 heavy (non-hydrogen) atoms. The molecule has 3 atom stereocenters. The molecule has 1 aliphatic rings. The quantitative estimate of drug-likeness (QED) is 0.911. The lowest BCUT2D eigenvalue weighted by Gasteiger charge is -2.40. The summed E-state index contributed by atoms with van der Waals surface area (Å²) in [6, 6.07) is 6.19. The van der Waals surface area contributed by atoms with Crippen LogP contribution in [0.3, 0.4) is 0 Å². The molecule has 106 valence electrons. The third-order valence-electron chi connectivity index (χ3n) is 3.60. The first-order chi connectivity index (χ1) is 9.04. The van der Waals surface area contributed by atoms with Gasteiger partial charge in [-0.25, -0.2) is 0 Å². The van der Waals surface area contributed by atoms with Gasteiger partial charge in [-0.3, -0.25) is 0 Å². The second-order valence-corrected chi connectivity index (χ2v) is 5.21. The number of hydrogen-bond acceptors (Lipinski definition) is 4. The molecule has 1 aliphatic heterocycles. The molecule has 1 N–H and O–H groups in total. The lowest BCUT2D eigenvalue weighted by molar-refractivity contribution is 0.0341. The summed E-state index contributed by atoms with van der Waals surface area (Å²) in [4.78, 5) is 2.29. The zero-order chi connectivity index (χ0) is 14.0. The molecular formula is C15H23NO3. The van der Waals surface area contributed by atoms with E-state index in [1.165, 1.54) is 0 Å². The van der Waals surface area contributed by atoms with Gasteiger partial charge < -0.3 is 19.5 Å². The van der Waals surface area contributed by atoms with E-state index >= 15 is 0 Å². The van der Waals surface area contributed by atoms with Crippen molar-refractivity contribution in [2.24, 2.45) is 0 Å². The smallest absolute Gasteiger partial charge is 0.126 e. The zero-order valence-electron chi connectivity index (χ0n) is 12.1. The van der Waals surface area contributed by atoms with Crippen LogP contribution < -0.4 is 9.64 Å². The van der Waals surface area contributed by atoms with Crippen LogP contribution in [0.2, 0.25) is 0 Å². The lowest BCUT2D eigenvalue weighted by Crippen LogP contribution is -2.47. The Labute approximate surface area is 114 Å². The Morgan fingerprint density at radius 2 is 2.16 bits per heavy atom. The predicted octanol–water partition coefficient (Wildman–Crippen LogP) is 2.36. The van der Waals surface area contributed by atoms with E-state index in [9.17, 15) is 5.11 Å². The molecule has 0 bridgehead atoms. The molecule has 1 heterocycles. The maximum Gasteiger partial charge on any atom is 0.126 e. The molecule has 0 spiro atoms. The van der Waals surface area contributed by atoms with Gasteiger partial charge >= 0.3 is 0 Å². The monoisotopic (exact) mass is 265 g/mol. The predicted molar refractivity (Wildman–Crippen MR) is 75.8 cm³/mol. The van der Waals surface area contributed by atoms with Crippen LogP contribution in [0.25, 0.3) is 0 Å². The van der Waals surface area contributed by atoms with E-state index in [-0.39, 0.29) is 6.10 Å². The standard InChI is InChI=1S/C15H23NO3/c1-10-9-19-11(2)8-16(10)13-6-5-7-14(18-4)15(13)12(3)17/h5-7,10-12,17H,8-9H2,1-4H3. The van der Waals surface area contributed by atoms with Crippen molar-refractivity contribution in [2.45, 2.75) is 39.0 Å². The molecule has 0 aliphatic carbocycles. The second-order valence-electron chi connectivity index (χ2n) is 5.21. The van der Waals surface area contributed by atoms with Crippen LogP contribution in [0.15, 0.2) is 18.2 Å². The summed E-state index contributed by atoms with van der Waals surface area (Å²) in [5.74, 6) is 0.735. The van der Waals surface area contributed by atoms with E-state index in [0.717, 1.165) is 23.5 Å². The minimum atomic E-state index is -0.559.